The lowest BCUT2D eigenvalue weighted by Gasteiger charge is -2.32. The van der Waals surface area contributed by atoms with E-state index in [2.05, 4.69) is 41.2 Å². The van der Waals surface area contributed by atoms with Crippen molar-refractivity contribution in [3.8, 4) is 0 Å². The number of hydrogen-bond donors (Lipinski definition) is 2. The van der Waals surface area contributed by atoms with Crippen LogP contribution < -0.4 is 11.1 Å². The molecule has 1 aliphatic rings. The van der Waals surface area contributed by atoms with Crippen LogP contribution in [0.2, 0.25) is 0 Å². The quantitative estimate of drug-likeness (QED) is 0.647. The zero-order valence-electron chi connectivity index (χ0n) is 13.3. The summed E-state index contributed by atoms with van der Waals surface area (Å²) < 4.78 is 0. The summed E-state index contributed by atoms with van der Waals surface area (Å²) in [6, 6.07) is 8.99. The summed E-state index contributed by atoms with van der Waals surface area (Å²) in [4.78, 5) is 6.96. The number of likely N-dealkylation sites (tertiary alicyclic amines) is 1. The molecule has 1 atom stereocenters. The highest BCUT2D eigenvalue weighted by atomic mass is 15.2. The second-order valence-electron chi connectivity index (χ2n) is 5.83. The van der Waals surface area contributed by atoms with Crippen LogP contribution in [0.25, 0.3) is 0 Å². The van der Waals surface area contributed by atoms with E-state index in [0.717, 1.165) is 25.2 Å². The summed E-state index contributed by atoms with van der Waals surface area (Å²) in [6.45, 7) is 7.41. The molecule has 0 bridgehead atoms. The number of rotatable bonds is 5. The Morgan fingerprint density at radius 2 is 2.29 bits per heavy atom. The molecule has 0 radical (unpaired) electrons. The van der Waals surface area contributed by atoms with Gasteiger partial charge in [-0.2, -0.15) is 0 Å². The van der Waals surface area contributed by atoms with Crippen molar-refractivity contribution in [1.29, 1.82) is 0 Å². The average Bonchev–Trinajstić information content (AvgIpc) is 2.49. The van der Waals surface area contributed by atoms with Gasteiger partial charge in [0.05, 0.1) is 6.54 Å². The van der Waals surface area contributed by atoms with Gasteiger partial charge in [0.2, 0.25) is 0 Å². The Labute approximate surface area is 128 Å². The molecule has 1 saturated heterocycles. The zero-order chi connectivity index (χ0) is 15.1. The molecule has 0 aliphatic carbocycles. The van der Waals surface area contributed by atoms with E-state index in [4.69, 9.17) is 5.73 Å². The molecule has 1 aromatic rings. The third-order valence-corrected chi connectivity index (χ3v) is 4.22. The minimum Gasteiger partial charge on any atom is -0.370 e. The highest BCUT2D eigenvalue weighted by Gasteiger charge is 2.16. The van der Waals surface area contributed by atoms with Gasteiger partial charge in [-0.3, -0.25) is 9.89 Å². The van der Waals surface area contributed by atoms with E-state index in [1.54, 1.807) is 0 Å². The molecule has 21 heavy (non-hydrogen) atoms. The Morgan fingerprint density at radius 3 is 3.05 bits per heavy atom. The van der Waals surface area contributed by atoms with Crippen LogP contribution in [-0.4, -0.2) is 36.5 Å². The van der Waals surface area contributed by atoms with Gasteiger partial charge in [0.15, 0.2) is 5.96 Å². The fourth-order valence-electron chi connectivity index (χ4n) is 2.85. The molecule has 116 valence electrons. The number of guanidine groups is 1. The monoisotopic (exact) mass is 288 g/mol. The van der Waals surface area contributed by atoms with Crippen LogP contribution in [0, 0.1) is 0 Å². The van der Waals surface area contributed by atoms with Gasteiger partial charge in [-0.15, -0.1) is 0 Å². The largest absolute Gasteiger partial charge is 0.370 e. The fraction of sp³-hybridized carbons (Fsp3) is 0.588. The molecule has 4 nitrogen and oxygen atoms in total. The van der Waals surface area contributed by atoms with E-state index in [1.807, 2.05) is 12.1 Å². The lowest BCUT2D eigenvalue weighted by molar-refractivity contribution is 0.166. The predicted octanol–water partition coefficient (Wildman–Crippen LogP) is 2.85. The topological polar surface area (TPSA) is 53.6 Å². The summed E-state index contributed by atoms with van der Waals surface area (Å²) in [5, 5.41) is 3.17. The second-order valence-corrected chi connectivity index (χ2v) is 5.83. The molecule has 1 aromatic carbocycles. The third kappa shape index (κ3) is 5.05. The second kappa shape index (κ2) is 8.03. The van der Waals surface area contributed by atoms with E-state index < -0.39 is 0 Å². The fourth-order valence-corrected chi connectivity index (χ4v) is 2.85. The van der Waals surface area contributed by atoms with Gasteiger partial charge < -0.3 is 11.1 Å². The van der Waals surface area contributed by atoms with E-state index in [0.29, 0.717) is 12.0 Å². The van der Waals surface area contributed by atoms with E-state index in [-0.39, 0.29) is 0 Å². The first-order chi connectivity index (χ1) is 10.2. The molecule has 2 rings (SSSR count). The highest BCUT2D eigenvalue weighted by molar-refractivity contribution is 5.92. The number of benzene rings is 1. The van der Waals surface area contributed by atoms with Crippen LogP contribution in [-0.2, 0) is 6.42 Å². The van der Waals surface area contributed by atoms with Crippen LogP contribution >= 0.6 is 0 Å². The Morgan fingerprint density at radius 1 is 1.43 bits per heavy atom. The molecule has 4 heteroatoms. The van der Waals surface area contributed by atoms with Crippen molar-refractivity contribution in [2.75, 3.05) is 25.0 Å². The van der Waals surface area contributed by atoms with Crippen molar-refractivity contribution in [3.05, 3.63) is 29.8 Å². The number of piperidine rings is 1. The molecule has 0 spiro atoms. The van der Waals surface area contributed by atoms with Crippen molar-refractivity contribution in [2.45, 2.75) is 45.6 Å². The Hall–Kier alpha value is -1.55. The van der Waals surface area contributed by atoms with Crippen molar-refractivity contribution in [3.63, 3.8) is 0 Å². The standard InChI is InChI=1S/C17H28N4/c1-3-15-8-6-9-16(13-15)20-17(18)19-10-12-21-11-5-4-7-14(21)2/h6,8-9,13-14H,3-5,7,10-12H2,1-2H3,(H3,18,19,20). The van der Waals surface area contributed by atoms with Crippen molar-refractivity contribution >= 4 is 11.6 Å². The maximum absolute atomic E-state index is 5.97. The minimum absolute atomic E-state index is 0.507. The first-order valence-corrected chi connectivity index (χ1v) is 8.09. The molecular weight excluding hydrogens is 260 g/mol. The summed E-state index contributed by atoms with van der Waals surface area (Å²) in [7, 11) is 0. The molecule has 1 unspecified atom stereocenters. The SMILES string of the molecule is CCc1cccc(NC(N)=NCCN2CCCCC2C)c1. The molecular formula is C17H28N4. The Kier molecular flexibility index (Phi) is 6.05. The van der Waals surface area contributed by atoms with Crippen molar-refractivity contribution in [1.82, 2.24) is 4.90 Å². The summed E-state index contributed by atoms with van der Waals surface area (Å²) in [6.07, 6.45) is 5.00. The normalized spacial score (nSPS) is 20.5. The number of hydrogen-bond acceptors (Lipinski definition) is 2. The average molecular weight is 288 g/mol. The minimum atomic E-state index is 0.507. The first-order valence-electron chi connectivity index (χ1n) is 8.09. The van der Waals surface area contributed by atoms with Gasteiger partial charge in [0.25, 0.3) is 0 Å². The molecule has 1 fully saturated rings. The van der Waals surface area contributed by atoms with Gasteiger partial charge >= 0.3 is 0 Å². The predicted molar refractivity (Wildman–Crippen MR) is 90.8 cm³/mol. The van der Waals surface area contributed by atoms with Gasteiger partial charge in [0, 0.05) is 18.3 Å². The van der Waals surface area contributed by atoms with Crippen LogP contribution in [0.5, 0.6) is 0 Å². The first kappa shape index (κ1) is 15.8. The molecule has 0 aromatic heterocycles. The Bertz CT molecular complexity index is 470. The summed E-state index contributed by atoms with van der Waals surface area (Å²) in [5.74, 6) is 0.507. The van der Waals surface area contributed by atoms with Gasteiger partial charge in [-0.1, -0.05) is 25.5 Å². The Balaban J connectivity index is 1.80. The van der Waals surface area contributed by atoms with Gasteiger partial charge in [0.1, 0.15) is 0 Å². The summed E-state index contributed by atoms with van der Waals surface area (Å²) >= 11 is 0. The number of nitrogens with two attached hydrogens (primary N) is 1. The molecule has 0 amide bonds. The molecule has 1 heterocycles. The molecule has 0 saturated carbocycles. The number of nitrogens with one attached hydrogen (secondary N) is 1. The molecule has 1 aliphatic heterocycles. The number of anilines is 1. The van der Waals surface area contributed by atoms with Gasteiger partial charge in [-0.25, -0.2) is 0 Å². The van der Waals surface area contributed by atoms with Crippen LogP contribution in [0.15, 0.2) is 29.3 Å². The zero-order valence-corrected chi connectivity index (χ0v) is 13.3. The maximum Gasteiger partial charge on any atom is 0.193 e. The lowest BCUT2D eigenvalue weighted by Crippen LogP contribution is -2.39. The molecule has 3 N–H and O–H groups in total. The van der Waals surface area contributed by atoms with Crippen LogP contribution in [0.3, 0.4) is 0 Å². The van der Waals surface area contributed by atoms with E-state index >= 15 is 0 Å². The van der Waals surface area contributed by atoms with Crippen LogP contribution in [0.4, 0.5) is 5.69 Å². The van der Waals surface area contributed by atoms with Crippen molar-refractivity contribution < 1.29 is 0 Å². The summed E-state index contributed by atoms with van der Waals surface area (Å²) in [5.41, 5.74) is 8.28. The third-order valence-electron chi connectivity index (χ3n) is 4.22. The van der Waals surface area contributed by atoms with Crippen LogP contribution in [0.1, 0.15) is 38.7 Å². The number of aryl methyl sites for hydroxylation is 1. The van der Waals surface area contributed by atoms with Gasteiger partial charge in [-0.05, 0) is 50.4 Å². The smallest absolute Gasteiger partial charge is 0.193 e. The van der Waals surface area contributed by atoms with E-state index in [9.17, 15) is 0 Å². The van der Waals surface area contributed by atoms with E-state index in [1.165, 1.54) is 31.4 Å². The highest BCUT2D eigenvalue weighted by Crippen LogP contribution is 2.15. The number of nitrogens with zero attached hydrogens (tertiary/aromatic N) is 2. The maximum atomic E-state index is 5.97. The van der Waals surface area contributed by atoms with Crippen molar-refractivity contribution in [2.24, 2.45) is 10.7 Å². The number of aliphatic imine (C=N–C) groups is 1. The lowest BCUT2D eigenvalue weighted by atomic mass is 10.0.